The molecule has 4 heteroatoms. The third-order valence-corrected chi connectivity index (χ3v) is 5.97. The zero-order valence-corrected chi connectivity index (χ0v) is 14.6. The van der Waals surface area contributed by atoms with Gasteiger partial charge < -0.3 is 5.32 Å². The molecule has 2 aliphatic rings. The first-order valence-electron chi connectivity index (χ1n) is 9.25. The van der Waals surface area contributed by atoms with Gasteiger partial charge in [0.15, 0.2) is 0 Å². The van der Waals surface area contributed by atoms with E-state index in [4.69, 9.17) is 0 Å². The number of aryl methyl sites for hydroxylation is 1. The maximum absolute atomic E-state index is 4.12. The van der Waals surface area contributed by atoms with Crippen molar-refractivity contribution in [2.75, 3.05) is 11.9 Å². The molecule has 1 saturated carbocycles. The number of nitrogens with zero attached hydrogens (tertiary/aromatic N) is 2. The standard InChI is InChI=1S/C21H24N4/c1-14-2-4-15(5-3-14)12-25-13-16-6-9-20(25)21(16)23-18-7-8-19-17(10-18)11-22-24-19/h2-5,7-8,10-11,16,20-21,23H,6,9,12-13H2,1H3,(H,22,24)/t16-,20-,21-/m1/s1. The molecule has 0 radical (unpaired) electrons. The summed E-state index contributed by atoms with van der Waals surface area (Å²) in [6, 6.07) is 16.7. The van der Waals surface area contributed by atoms with Crippen LogP contribution < -0.4 is 5.32 Å². The molecule has 5 rings (SSSR count). The fourth-order valence-corrected chi connectivity index (χ4v) is 4.66. The van der Waals surface area contributed by atoms with Gasteiger partial charge in [-0.25, -0.2) is 0 Å². The van der Waals surface area contributed by atoms with Crippen molar-refractivity contribution in [1.82, 2.24) is 15.1 Å². The lowest BCUT2D eigenvalue weighted by molar-refractivity contribution is 0.204. The molecule has 4 nitrogen and oxygen atoms in total. The third-order valence-electron chi connectivity index (χ3n) is 5.97. The van der Waals surface area contributed by atoms with Gasteiger partial charge in [-0.1, -0.05) is 29.8 Å². The van der Waals surface area contributed by atoms with Crippen molar-refractivity contribution in [2.24, 2.45) is 5.92 Å². The topological polar surface area (TPSA) is 44.0 Å². The number of H-pyrrole nitrogens is 1. The summed E-state index contributed by atoms with van der Waals surface area (Å²) in [6.07, 6.45) is 4.55. The van der Waals surface area contributed by atoms with E-state index in [9.17, 15) is 0 Å². The van der Waals surface area contributed by atoms with Crippen molar-refractivity contribution in [2.45, 2.75) is 38.4 Å². The Morgan fingerprint density at radius 1 is 1.16 bits per heavy atom. The molecular weight excluding hydrogens is 308 g/mol. The average molecular weight is 332 g/mol. The Bertz CT molecular complexity index is 882. The summed E-state index contributed by atoms with van der Waals surface area (Å²) >= 11 is 0. The van der Waals surface area contributed by atoms with Crippen LogP contribution in [0.15, 0.2) is 48.7 Å². The highest BCUT2D eigenvalue weighted by molar-refractivity contribution is 5.81. The van der Waals surface area contributed by atoms with E-state index in [2.05, 4.69) is 69.8 Å². The predicted octanol–water partition coefficient (Wildman–Crippen LogP) is 3.95. The number of hydrogen-bond donors (Lipinski definition) is 2. The minimum atomic E-state index is 0.565. The minimum Gasteiger partial charge on any atom is -0.380 e. The second kappa shape index (κ2) is 5.88. The van der Waals surface area contributed by atoms with E-state index < -0.39 is 0 Å². The number of aromatic nitrogens is 2. The van der Waals surface area contributed by atoms with Gasteiger partial charge in [-0.15, -0.1) is 0 Å². The number of rotatable bonds is 4. The normalized spacial score (nSPS) is 25.7. The summed E-state index contributed by atoms with van der Waals surface area (Å²) in [4.78, 5) is 2.67. The van der Waals surface area contributed by atoms with E-state index in [1.807, 2.05) is 6.20 Å². The fraction of sp³-hybridized carbons (Fsp3) is 0.381. The van der Waals surface area contributed by atoms with Crippen LogP contribution in [0.3, 0.4) is 0 Å². The van der Waals surface area contributed by atoms with Crippen LogP contribution in [0.2, 0.25) is 0 Å². The van der Waals surface area contributed by atoms with Gasteiger partial charge in [-0.2, -0.15) is 5.10 Å². The van der Waals surface area contributed by atoms with E-state index in [1.165, 1.54) is 41.6 Å². The molecule has 2 fully saturated rings. The molecule has 2 bridgehead atoms. The molecule has 0 spiro atoms. The third kappa shape index (κ3) is 2.71. The van der Waals surface area contributed by atoms with Crippen LogP contribution in [0.1, 0.15) is 24.0 Å². The quantitative estimate of drug-likeness (QED) is 0.760. The second-order valence-electron chi connectivity index (χ2n) is 7.66. The SMILES string of the molecule is Cc1ccc(CN2C[C@H]3CC[C@@H]2[C@@H]3Nc2ccc3[nH]ncc3c2)cc1. The first kappa shape index (κ1) is 15.0. The van der Waals surface area contributed by atoms with Crippen LogP contribution in [0, 0.1) is 12.8 Å². The summed E-state index contributed by atoms with van der Waals surface area (Å²) in [5, 5.41) is 12.1. The first-order chi connectivity index (χ1) is 12.3. The molecule has 2 aromatic carbocycles. The molecule has 0 unspecified atom stereocenters. The number of anilines is 1. The highest BCUT2D eigenvalue weighted by Crippen LogP contribution is 2.40. The summed E-state index contributed by atoms with van der Waals surface area (Å²) < 4.78 is 0. The Morgan fingerprint density at radius 3 is 2.92 bits per heavy atom. The highest BCUT2D eigenvalue weighted by Gasteiger charge is 2.46. The number of hydrogen-bond acceptors (Lipinski definition) is 3. The summed E-state index contributed by atoms with van der Waals surface area (Å²) in [6.45, 7) is 4.43. The zero-order valence-electron chi connectivity index (χ0n) is 14.6. The molecule has 3 atom stereocenters. The van der Waals surface area contributed by atoms with Gasteiger partial charge in [0.25, 0.3) is 0 Å². The number of benzene rings is 2. The van der Waals surface area contributed by atoms with Crippen molar-refractivity contribution < 1.29 is 0 Å². The lowest BCUT2D eigenvalue weighted by atomic mass is 10.1. The van der Waals surface area contributed by atoms with Gasteiger partial charge >= 0.3 is 0 Å². The Hall–Kier alpha value is -2.33. The average Bonchev–Trinajstić information content (AvgIpc) is 3.31. The van der Waals surface area contributed by atoms with Gasteiger partial charge in [0.1, 0.15) is 0 Å². The molecule has 1 aromatic heterocycles. The van der Waals surface area contributed by atoms with Crippen LogP contribution in [0.25, 0.3) is 10.9 Å². The maximum atomic E-state index is 4.12. The van der Waals surface area contributed by atoms with Crippen LogP contribution in [0.4, 0.5) is 5.69 Å². The number of fused-ring (bicyclic) bond motifs is 3. The zero-order chi connectivity index (χ0) is 16.8. The Labute approximate surface area is 148 Å². The minimum absolute atomic E-state index is 0.565. The Morgan fingerprint density at radius 2 is 2.04 bits per heavy atom. The lowest BCUT2D eigenvalue weighted by Gasteiger charge is -2.27. The van der Waals surface area contributed by atoms with Crippen LogP contribution in [-0.2, 0) is 6.54 Å². The molecule has 0 amide bonds. The smallest absolute Gasteiger partial charge is 0.0651 e. The molecule has 2 heterocycles. The summed E-state index contributed by atoms with van der Waals surface area (Å²) in [7, 11) is 0. The molecule has 1 saturated heterocycles. The molecule has 1 aliphatic heterocycles. The summed E-state index contributed by atoms with van der Waals surface area (Å²) in [5.74, 6) is 0.760. The fourth-order valence-electron chi connectivity index (χ4n) is 4.66. The molecular formula is C21H24N4. The summed E-state index contributed by atoms with van der Waals surface area (Å²) in [5.41, 5.74) is 5.08. The second-order valence-corrected chi connectivity index (χ2v) is 7.66. The van der Waals surface area contributed by atoms with Crippen LogP contribution in [0.5, 0.6) is 0 Å². The van der Waals surface area contributed by atoms with Crippen molar-refractivity contribution in [3.05, 3.63) is 59.8 Å². The van der Waals surface area contributed by atoms with E-state index >= 15 is 0 Å². The maximum Gasteiger partial charge on any atom is 0.0651 e. The van der Waals surface area contributed by atoms with Gasteiger partial charge in [-0.05, 0) is 49.4 Å². The monoisotopic (exact) mass is 332 g/mol. The van der Waals surface area contributed by atoms with E-state index in [-0.39, 0.29) is 0 Å². The van der Waals surface area contributed by atoms with Gasteiger partial charge in [0, 0.05) is 36.2 Å². The number of piperidine rings is 1. The van der Waals surface area contributed by atoms with Gasteiger partial charge in [-0.3, -0.25) is 10.00 Å². The lowest BCUT2D eigenvalue weighted by Crippen LogP contribution is -2.36. The Balaban J connectivity index is 1.32. The number of likely N-dealkylation sites (tertiary alicyclic amines) is 1. The van der Waals surface area contributed by atoms with Gasteiger partial charge in [0.05, 0.1) is 11.7 Å². The molecule has 25 heavy (non-hydrogen) atoms. The first-order valence-corrected chi connectivity index (χ1v) is 9.25. The predicted molar refractivity (Wildman–Crippen MR) is 102 cm³/mol. The number of nitrogens with one attached hydrogen (secondary N) is 2. The van der Waals surface area contributed by atoms with Gasteiger partial charge in [0.2, 0.25) is 0 Å². The van der Waals surface area contributed by atoms with E-state index in [0.29, 0.717) is 12.1 Å². The van der Waals surface area contributed by atoms with Crippen LogP contribution in [-0.4, -0.2) is 33.7 Å². The molecule has 2 N–H and O–H groups in total. The molecule has 3 aromatic rings. The highest BCUT2D eigenvalue weighted by atomic mass is 15.2. The number of aromatic amines is 1. The van der Waals surface area contributed by atoms with Crippen molar-refractivity contribution in [1.29, 1.82) is 0 Å². The van der Waals surface area contributed by atoms with Crippen molar-refractivity contribution in [3.8, 4) is 0 Å². The van der Waals surface area contributed by atoms with Crippen LogP contribution >= 0.6 is 0 Å². The van der Waals surface area contributed by atoms with Crippen molar-refractivity contribution >= 4 is 16.6 Å². The van der Waals surface area contributed by atoms with E-state index in [0.717, 1.165) is 18.0 Å². The molecule has 1 aliphatic carbocycles. The largest absolute Gasteiger partial charge is 0.380 e. The van der Waals surface area contributed by atoms with E-state index in [1.54, 1.807) is 0 Å². The van der Waals surface area contributed by atoms with Crippen molar-refractivity contribution in [3.63, 3.8) is 0 Å². The molecule has 128 valence electrons. The Kier molecular flexibility index (Phi) is 3.52.